The van der Waals surface area contributed by atoms with E-state index in [4.69, 9.17) is 0 Å². The molecule has 0 saturated heterocycles. The summed E-state index contributed by atoms with van der Waals surface area (Å²) >= 11 is 3.45. The van der Waals surface area contributed by atoms with Crippen molar-refractivity contribution < 1.29 is 0 Å². The van der Waals surface area contributed by atoms with Gasteiger partial charge in [-0.2, -0.15) is 5.10 Å². The highest BCUT2D eigenvalue weighted by atomic mass is 79.9. The Bertz CT molecular complexity index is 478. The molecule has 0 atom stereocenters. The van der Waals surface area contributed by atoms with Crippen LogP contribution in [0.25, 0.3) is 0 Å². The van der Waals surface area contributed by atoms with Crippen molar-refractivity contribution in [2.24, 2.45) is 7.05 Å². The number of nitrogens with zero attached hydrogens (tertiary/aromatic N) is 3. The molecule has 0 unspecified atom stereocenters. The van der Waals surface area contributed by atoms with Crippen LogP contribution in [0.5, 0.6) is 0 Å². The van der Waals surface area contributed by atoms with Gasteiger partial charge in [-0.25, -0.2) is 4.98 Å². The smallest absolute Gasteiger partial charge is 0.153 e. The number of aryl methyl sites for hydroxylation is 2. The van der Waals surface area contributed by atoms with Gasteiger partial charge in [0.05, 0.1) is 4.47 Å². The summed E-state index contributed by atoms with van der Waals surface area (Å²) in [7, 11) is 1.88. The number of rotatable bonds is 2. The lowest BCUT2D eigenvalue weighted by Crippen LogP contribution is -1.97. The molecule has 0 saturated carbocycles. The van der Waals surface area contributed by atoms with E-state index in [0.29, 0.717) is 0 Å². The van der Waals surface area contributed by atoms with Crippen LogP contribution < -0.4 is 5.32 Å². The number of hydrogen-bond donors (Lipinski definition) is 1. The molecule has 5 heteroatoms. The normalized spacial score (nSPS) is 10.3. The SMILES string of the molecule is Cc1cnc(Nc2ccn(C)n2)c(Br)c1. The lowest BCUT2D eigenvalue weighted by atomic mass is 10.3. The van der Waals surface area contributed by atoms with Crippen LogP contribution in [0, 0.1) is 6.92 Å². The lowest BCUT2D eigenvalue weighted by molar-refractivity contribution is 0.771. The molecule has 2 heterocycles. The van der Waals surface area contributed by atoms with Crippen LogP contribution in [0.2, 0.25) is 0 Å². The van der Waals surface area contributed by atoms with Gasteiger partial charge >= 0.3 is 0 Å². The van der Waals surface area contributed by atoms with Gasteiger partial charge < -0.3 is 5.32 Å². The summed E-state index contributed by atoms with van der Waals surface area (Å²) in [4.78, 5) is 4.28. The van der Waals surface area contributed by atoms with Gasteiger partial charge in [0.2, 0.25) is 0 Å². The third kappa shape index (κ3) is 2.36. The molecule has 78 valence electrons. The zero-order chi connectivity index (χ0) is 10.8. The second-order valence-corrected chi connectivity index (χ2v) is 4.20. The van der Waals surface area contributed by atoms with E-state index in [-0.39, 0.29) is 0 Å². The first-order valence-corrected chi connectivity index (χ1v) is 5.33. The molecular formula is C10H11BrN4. The minimum absolute atomic E-state index is 0.777. The van der Waals surface area contributed by atoms with Crippen LogP contribution in [0.15, 0.2) is 29.0 Å². The molecule has 1 N–H and O–H groups in total. The molecule has 0 spiro atoms. The first kappa shape index (κ1) is 10.2. The maximum atomic E-state index is 4.28. The first-order chi connectivity index (χ1) is 7.15. The molecule has 0 radical (unpaired) electrons. The fourth-order valence-electron chi connectivity index (χ4n) is 1.23. The minimum atomic E-state index is 0.777. The number of nitrogens with one attached hydrogen (secondary N) is 1. The number of hydrogen-bond acceptors (Lipinski definition) is 3. The van der Waals surface area contributed by atoms with E-state index in [0.717, 1.165) is 21.7 Å². The summed E-state index contributed by atoms with van der Waals surface area (Å²) < 4.78 is 2.68. The lowest BCUT2D eigenvalue weighted by Gasteiger charge is -2.04. The van der Waals surface area contributed by atoms with Crippen LogP contribution in [-0.2, 0) is 7.05 Å². The van der Waals surface area contributed by atoms with Crippen LogP contribution in [0.3, 0.4) is 0 Å². The highest BCUT2D eigenvalue weighted by Gasteiger charge is 2.03. The van der Waals surface area contributed by atoms with Crippen molar-refractivity contribution in [1.29, 1.82) is 0 Å². The summed E-state index contributed by atoms with van der Waals surface area (Å²) in [5.74, 6) is 1.56. The molecule has 2 aromatic heterocycles. The van der Waals surface area contributed by atoms with Gasteiger partial charge in [0.15, 0.2) is 5.82 Å². The average Bonchev–Trinajstić information content (AvgIpc) is 2.56. The number of halogens is 1. The maximum Gasteiger partial charge on any atom is 0.153 e. The van der Waals surface area contributed by atoms with Crippen molar-refractivity contribution in [2.75, 3.05) is 5.32 Å². The summed E-state index contributed by atoms with van der Waals surface area (Å²) in [6.45, 7) is 2.00. The molecule has 0 aliphatic carbocycles. The molecule has 2 rings (SSSR count). The Kier molecular flexibility index (Phi) is 2.73. The van der Waals surface area contributed by atoms with E-state index in [1.54, 1.807) is 4.68 Å². The van der Waals surface area contributed by atoms with Crippen LogP contribution in [-0.4, -0.2) is 14.8 Å². The predicted octanol–water partition coefficient (Wildman–Crippen LogP) is 2.63. The number of pyridine rings is 1. The van der Waals surface area contributed by atoms with Gasteiger partial charge in [-0.3, -0.25) is 4.68 Å². The van der Waals surface area contributed by atoms with Crippen LogP contribution in [0.4, 0.5) is 11.6 Å². The largest absolute Gasteiger partial charge is 0.323 e. The Morgan fingerprint density at radius 1 is 1.47 bits per heavy atom. The molecule has 0 amide bonds. The van der Waals surface area contributed by atoms with E-state index < -0.39 is 0 Å². The van der Waals surface area contributed by atoms with Gasteiger partial charge in [-0.15, -0.1) is 0 Å². The van der Waals surface area contributed by atoms with Gasteiger partial charge in [-0.05, 0) is 34.5 Å². The average molecular weight is 267 g/mol. The molecule has 0 aromatic carbocycles. The van der Waals surface area contributed by atoms with Gasteiger partial charge in [-0.1, -0.05) is 0 Å². The monoisotopic (exact) mass is 266 g/mol. The molecule has 15 heavy (non-hydrogen) atoms. The fourth-order valence-corrected chi connectivity index (χ4v) is 1.79. The van der Waals surface area contributed by atoms with Crippen molar-refractivity contribution in [3.05, 3.63) is 34.6 Å². The molecule has 0 fully saturated rings. The quantitative estimate of drug-likeness (QED) is 0.909. The first-order valence-electron chi connectivity index (χ1n) is 4.54. The third-order valence-electron chi connectivity index (χ3n) is 1.94. The summed E-state index contributed by atoms with van der Waals surface area (Å²) in [5, 5.41) is 7.34. The van der Waals surface area contributed by atoms with Gasteiger partial charge in [0.1, 0.15) is 5.82 Å². The van der Waals surface area contributed by atoms with E-state index in [9.17, 15) is 0 Å². The highest BCUT2D eigenvalue weighted by molar-refractivity contribution is 9.10. The second kappa shape index (κ2) is 4.02. The Balaban J connectivity index is 2.24. The van der Waals surface area contributed by atoms with E-state index >= 15 is 0 Å². The number of aromatic nitrogens is 3. The Morgan fingerprint density at radius 3 is 2.87 bits per heavy atom. The zero-order valence-electron chi connectivity index (χ0n) is 8.53. The second-order valence-electron chi connectivity index (χ2n) is 3.34. The molecule has 2 aromatic rings. The van der Waals surface area contributed by atoms with Gasteiger partial charge in [0, 0.05) is 25.5 Å². The third-order valence-corrected chi connectivity index (χ3v) is 2.54. The summed E-state index contributed by atoms with van der Waals surface area (Å²) in [6, 6.07) is 3.91. The topological polar surface area (TPSA) is 42.7 Å². The standard InChI is InChI=1S/C10H11BrN4/c1-7-5-8(11)10(12-6-7)13-9-3-4-15(2)14-9/h3-6H,1-2H3,(H,12,13,14). The zero-order valence-corrected chi connectivity index (χ0v) is 10.1. The Hall–Kier alpha value is -1.36. The van der Waals surface area contributed by atoms with E-state index in [1.165, 1.54) is 0 Å². The predicted molar refractivity (Wildman–Crippen MR) is 63.2 cm³/mol. The van der Waals surface area contributed by atoms with Crippen molar-refractivity contribution in [3.8, 4) is 0 Å². The maximum absolute atomic E-state index is 4.28. The highest BCUT2D eigenvalue weighted by Crippen LogP contribution is 2.23. The van der Waals surface area contributed by atoms with Crippen molar-refractivity contribution >= 4 is 27.6 Å². The van der Waals surface area contributed by atoms with E-state index in [1.807, 2.05) is 38.5 Å². The van der Waals surface area contributed by atoms with Gasteiger partial charge in [0.25, 0.3) is 0 Å². The molecule has 4 nitrogen and oxygen atoms in total. The van der Waals surface area contributed by atoms with E-state index in [2.05, 4.69) is 31.3 Å². The van der Waals surface area contributed by atoms with Crippen LogP contribution >= 0.6 is 15.9 Å². The molecule has 0 aliphatic rings. The summed E-state index contributed by atoms with van der Waals surface area (Å²) in [5.41, 5.74) is 1.12. The van der Waals surface area contributed by atoms with Crippen molar-refractivity contribution in [1.82, 2.24) is 14.8 Å². The van der Waals surface area contributed by atoms with Crippen molar-refractivity contribution in [2.45, 2.75) is 6.92 Å². The fraction of sp³-hybridized carbons (Fsp3) is 0.200. The van der Waals surface area contributed by atoms with Crippen molar-refractivity contribution in [3.63, 3.8) is 0 Å². The van der Waals surface area contributed by atoms with Crippen LogP contribution in [0.1, 0.15) is 5.56 Å². The molecular weight excluding hydrogens is 256 g/mol. The summed E-state index contributed by atoms with van der Waals surface area (Å²) in [6.07, 6.45) is 3.69. The molecule has 0 aliphatic heterocycles. The Morgan fingerprint density at radius 2 is 2.27 bits per heavy atom. The Labute approximate surface area is 96.5 Å². The number of anilines is 2. The molecule has 0 bridgehead atoms. The minimum Gasteiger partial charge on any atom is -0.323 e.